The fourth-order valence-electron chi connectivity index (χ4n) is 5.47. The minimum atomic E-state index is -1.03. The van der Waals surface area contributed by atoms with Crippen molar-refractivity contribution in [1.29, 1.82) is 0 Å². The Morgan fingerprint density at radius 1 is 1.25 bits per heavy atom. The number of rotatable bonds is 2. The number of likely N-dealkylation sites (N-methyl/N-ethyl adjacent to an activating group) is 1. The number of hydrogen-bond acceptors (Lipinski definition) is 4. The fraction of sp³-hybridized carbons (Fsp3) is 0.520. The van der Waals surface area contributed by atoms with E-state index in [0.717, 1.165) is 61.4 Å². The van der Waals surface area contributed by atoms with Gasteiger partial charge in [-0.15, -0.1) is 0 Å². The molecule has 1 amide bonds. The Hall–Kier alpha value is -2.67. The lowest BCUT2D eigenvalue weighted by Gasteiger charge is -2.39. The number of halogens is 1. The normalized spacial score (nSPS) is 29.5. The summed E-state index contributed by atoms with van der Waals surface area (Å²) in [5.74, 6) is 0.911. The minimum absolute atomic E-state index is 0.0221. The molecule has 170 valence electrons. The summed E-state index contributed by atoms with van der Waals surface area (Å²) in [6.45, 7) is 3.99. The molecule has 0 bridgehead atoms. The third-order valence-corrected chi connectivity index (χ3v) is 7.15. The van der Waals surface area contributed by atoms with E-state index in [1.165, 1.54) is 0 Å². The van der Waals surface area contributed by atoms with Gasteiger partial charge in [0.1, 0.15) is 12.0 Å². The number of nitrogens with zero attached hydrogens (tertiary/aromatic N) is 3. The van der Waals surface area contributed by atoms with Crippen molar-refractivity contribution in [2.45, 2.75) is 57.3 Å². The number of allylic oxidation sites excluding steroid dienone is 5. The fourth-order valence-corrected chi connectivity index (χ4v) is 5.47. The van der Waals surface area contributed by atoms with E-state index in [1.807, 2.05) is 6.08 Å². The summed E-state index contributed by atoms with van der Waals surface area (Å²) in [5, 5.41) is 2.77. The number of nitrogens with two attached hydrogens (primary N) is 1. The first-order chi connectivity index (χ1) is 15.5. The largest absolute Gasteiger partial charge is 0.370 e. The molecule has 4 aliphatic rings. The summed E-state index contributed by atoms with van der Waals surface area (Å²) in [4.78, 5) is 20.1. The van der Waals surface area contributed by atoms with Gasteiger partial charge >= 0.3 is 0 Å². The number of aromatic nitrogens is 2. The van der Waals surface area contributed by atoms with Crippen molar-refractivity contribution in [1.82, 2.24) is 19.8 Å². The van der Waals surface area contributed by atoms with Gasteiger partial charge in [0.2, 0.25) is 0 Å². The maximum atomic E-state index is 14.4. The highest BCUT2D eigenvalue weighted by atomic mass is 19.1. The highest BCUT2D eigenvalue weighted by Crippen LogP contribution is 2.43. The van der Waals surface area contributed by atoms with Crippen LogP contribution in [-0.2, 0) is 11.2 Å². The zero-order chi connectivity index (χ0) is 22.4. The Morgan fingerprint density at radius 3 is 2.88 bits per heavy atom. The maximum Gasteiger partial charge on any atom is 0.254 e. The van der Waals surface area contributed by atoms with E-state index in [1.54, 1.807) is 19.2 Å². The number of alkyl halides is 1. The molecule has 1 fully saturated rings. The molecule has 0 saturated carbocycles. The first kappa shape index (κ1) is 21.2. The number of piperidine rings is 1. The van der Waals surface area contributed by atoms with E-state index in [4.69, 9.17) is 10.7 Å². The van der Waals surface area contributed by atoms with Crippen LogP contribution in [0.3, 0.4) is 0 Å². The summed E-state index contributed by atoms with van der Waals surface area (Å²) in [6.07, 6.45) is 13.1. The number of carbonyl (C=O) groups is 1. The molecule has 1 saturated heterocycles. The Kier molecular flexibility index (Phi) is 5.53. The number of amides is 1. The molecular weight excluding hydrogens is 405 g/mol. The predicted molar refractivity (Wildman–Crippen MR) is 124 cm³/mol. The minimum Gasteiger partial charge on any atom is -0.370 e. The van der Waals surface area contributed by atoms with E-state index in [-0.39, 0.29) is 18.0 Å². The second-order valence-corrected chi connectivity index (χ2v) is 9.47. The number of likely N-dealkylation sites (tertiary alicyclic amines) is 1. The third-order valence-electron chi connectivity index (χ3n) is 7.15. The standard InChI is InChI=1S/C25H32FN5O/c1-15-5-9-21(30-11-3-4-17(27)14-30)18-13-19(25(32)28-2)24-29-20-8-7-16(26)12-23(20)31(24)22(18)10-6-15/h5,7-9,13,15-17,22H,3-4,6,10-12,14,27H2,1-2H3,(H,28,32). The van der Waals surface area contributed by atoms with E-state index < -0.39 is 6.17 Å². The molecule has 1 aromatic heterocycles. The number of hydrogen-bond donors (Lipinski definition) is 2. The molecule has 1 aromatic rings. The van der Waals surface area contributed by atoms with Crippen LogP contribution in [0.5, 0.6) is 0 Å². The first-order valence-electron chi connectivity index (χ1n) is 11.8. The molecule has 2 aliphatic carbocycles. The monoisotopic (exact) mass is 437 g/mol. The first-order valence-corrected chi connectivity index (χ1v) is 11.8. The van der Waals surface area contributed by atoms with Crippen LogP contribution in [0.1, 0.15) is 55.9 Å². The van der Waals surface area contributed by atoms with Crippen molar-refractivity contribution >= 4 is 17.6 Å². The van der Waals surface area contributed by atoms with E-state index >= 15 is 0 Å². The Bertz CT molecular complexity index is 1050. The van der Waals surface area contributed by atoms with Crippen LogP contribution in [0.4, 0.5) is 4.39 Å². The number of imidazole rings is 1. The molecule has 32 heavy (non-hydrogen) atoms. The second kappa shape index (κ2) is 8.35. The summed E-state index contributed by atoms with van der Waals surface area (Å²) in [7, 11) is 1.64. The second-order valence-electron chi connectivity index (χ2n) is 9.47. The van der Waals surface area contributed by atoms with E-state index in [9.17, 15) is 9.18 Å². The van der Waals surface area contributed by atoms with Crippen LogP contribution >= 0.6 is 0 Å². The van der Waals surface area contributed by atoms with Crippen LogP contribution in [-0.4, -0.2) is 52.7 Å². The van der Waals surface area contributed by atoms with Crippen molar-refractivity contribution in [3.63, 3.8) is 0 Å². The topological polar surface area (TPSA) is 76.2 Å². The van der Waals surface area contributed by atoms with Gasteiger partial charge in [0.15, 0.2) is 0 Å². The van der Waals surface area contributed by atoms with Gasteiger partial charge in [-0.1, -0.05) is 13.0 Å². The van der Waals surface area contributed by atoms with Gasteiger partial charge in [-0.2, -0.15) is 0 Å². The summed E-state index contributed by atoms with van der Waals surface area (Å²) in [5.41, 5.74) is 10.8. The summed E-state index contributed by atoms with van der Waals surface area (Å²) < 4.78 is 16.6. The maximum absolute atomic E-state index is 14.4. The van der Waals surface area contributed by atoms with Gasteiger partial charge in [-0.05, 0) is 61.5 Å². The number of carbonyl (C=O) groups excluding carboxylic acids is 1. The van der Waals surface area contributed by atoms with Gasteiger partial charge in [-0.25, -0.2) is 9.37 Å². The van der Waals surface area contributed by atoms with Crippen molar-refractivity contribution in [3.8, 4) is 0 Å². The smallest absolute Gasteiger partial charge is 0.254 e. The summed E-state index contributed by atoms with van der Waals surface area (Å²) >= 11 is 0. The van der Waals surface area contributed by atoms with E-state index in [2.05, 4.69) is 33.9 Å². The molecule has 0 aromatic carbocycles. The molecule has 6 nitrogen and oxygen atoms in total. The van der Waals surface area contributed by atoms with Crippen molar-refractivity contribution in [2.75, 3.05) is 20.1 Å². The lowest BCUT2D eigenvalue weighted by Crippen LogP contribution is -2.43. The van der Waals surface area contributed by atoms with Gasteiger partial charge in [-0.3, -0.25) is 4.79 Å². The van der Waals surface area contributed by atoms with Gasteiger partial charge < -0.3 is 20.5 Å². The molecule has 0 spiro atoms. The quantitative estimate of drug-likeness (QED) is 0.745. The van der Waals surface area contributed by atoms with Gasteiger partial charge in [0.25, 0.3) is 5.91 Å². The number of nitrogens with one attached hydrogen (secondary N) is 1. The van der Waals surface area contributed by atoms with Crippen LogP contribution in [0.25, 0.3) is 11.6 Å². The molecule has 0 radical (unpaired) electrons. The third kappa shape index (κ3) is 3.62. The molecule has 4 atom stereocenters. The molecule has 3 N–H and O–H groups in total. The van der Waals surface area contributed by atoms with Crippen molar-refractivity contribution in [3.05, 3.63) is 52.8 Å². The number of fused-ring (bicyclic) bond motifs is 5. The van der Waals surface area contributed by atoms with Gasteiger partial charge in [0, 0.05) is 44.0 Å². The highest BCUT2D eigenvalue weighted by Gasteiger charge is 2.36. The Labute approximate surface area is 188 Å². The lowest BCUT2D eigenvalue weighted by atomic mass is 9.86. The highest BCUT2D eigenvalue weighted by molar-refractivity contribution is 6.19. The average molecular weight is 438 g/mol. The van der Waals surface area contributed by atoms with Crippen LogP contribution < -0.4 is 11.1 Å². The molecule has 2 aliphatic heterocycles. The lowest BCUT2D eigenvalue weighted by molar-refractivity contribution is -0.115. The zero-order valence-corrected chi connectivity index (χ0v) is 18.9. The van der Waals surface area contributed by atoms with Crippen molar-refractivity contribution in [2.24, 2.45) is 11.7 Å². The molecule has 3 heterocycles. The molecule has 5 rings (SSSR count). The van der Waals surface area contributed by atoms with E-state index in [0.29, 0.717) is 23.7 Å². The van der Waals surface area contributed by atoms with Crippen LogP contribution in [0.2, 0.25) is 0 Å². The SMILES string of the molecule is CNC(=O)C1=CC2=C(N3CCCC(N)C3)C=CC(C)CCC2n2c1nc1c2CC(F)C=C1. The molecule has 7 heteroatoms. The predicted octanol–water partition coefficient (Wildman–Crippen LogP) is 3.14. The van der Waals surface area contributed by atoms with Gasteiger partial charge in [0.05, 0.1) is 17.3 Å². The van der Waals surface area contributed by atoms with Crippen molar-refractivity contribution < 1.29 is 9.18 Å². The van der Waals surface area contributed by atoms with Crippen LogP contribution in [0, 0.1) is 5.92 Å². The zero-order valence-electron chi connectivity index (χ0n) is 18.9. The molecule has 4 unspecified atom stereocenters. The molecular formula is C25H32FN5O. The summed E-state index contributed by atoms with van der Waals surface area (Å²) in [6, 6.07) is 0.167. The van der Waals surface area contributed by atoms with Crippen LogP contribution in [0.15, 0.2) is 35.6 Å². The Balaban J connectivity index is 1.73. The average Bonchev–Trinajstić information content (AvgIpc) is 3.14. The Morgan fingerprint density at radius 2 is 2.09 bits per heavy atom.